The van der Waals surface area contributed by atoms with Crippen molar-refractivity contribution in [1.29, 1.82) is 0 Å². The third-order valence-corrected chi connectivity index (χ3v) is 3.95. The normalized spacial score (nSPS) is 10.7. The van der Waals surface area contributed by atoms with E-state index in [1.807, 2.05) is 36.4 Å². The smallest absolute Gasteiger partial charge is 0.162 e. The van der Waals surface area contributed by atoms with Crippen LogP contribution in [0, 0.1) is 3.57 Å². The highest BCUT2D eigenvalue weighted by Crippen LogP contribution is 2.33. The molecule has 1 heterocycles. The number of fused-ring (bicyclic) bond motifs is 1. The zero-order valence-corrected chi connectivity index (χ0v) is 13.0. The summed E-state index contributed by atoms with van der Waals surface area (Å²) >= 11 is 2.12. The highest BCUT2D eigenvalue weighted by molar-refractivity contribution is 14.1. The van der Waals surface area contributed by atoms with E-state index in [-0.39, 0.29) is 0 Å². The van der Waals surface area contributed by atoms with Crippen LogP contribution in [-0.2, 0) is 0 Å². The van der Waals surface area contributed by atoms with Crippen LogP contribution >= 0.6 is 22.6 Å². The Morgan fingerprint density at radius 1 is 1.10 bits per heavy atom. The molecule has 0 radical (unpaired) electrons. The van der Waals surface area contributed by atoms with Gasteiger partial charge in [-0.15, -0.1) is 0 Å². The first-order valence-corrected chi connectivity index (χ1v) is 7.12. The van der Waals surface area contributed by atoms with E-state index in [2.05, 4.69) is 32.6 Å². The third-order valence-electron chi connectivity index (χ3n) is 3.12. The Hall–Kier alpha value is -1.89. The van der Waals surface area contributed by atoms with E-state index in [9.17, 15) is 0 Å². The van der Waals surface area contributed by atoms with Crippen LogP contribution in [0.4, 0.5) is 5.82 Å². The summed E-state index contributed by atoms with van der Waals surface area (Å²) in [6.07, 6.45) is 1.73. The standard InChI is InChI=1S/C15H12IN3O/c1-20-13-7-6-11(9-4-2-3-5-10(9)13)15-18-8-12(16)14(17)19-15/h2-8H,1H3,(H2,17,18,19). The van der Waals surface area contributed by atoms with Crippen molar-refractivity contribution in [1.82, 2.24) is 9.97 Å². The number of aromatic nitrogens is 2. The SMILES string of the molecule is COc1ccc(-c2ncc(I)c(N)n2)c2ccccc12. The molecule has 0 aliphatic heterocycles. The van der Waals surface area contributed by atoms with Gasteiger partial charge in [0, 0.05) is 17.1 Å². The zero-order valence-electron chi connectivity index (χ0n) is 10.8. The van der Waals surface area contributed by atoms with Gasteiger partial charge in [0.25, 0.3) is 0 Å². The summed E-state index contributed by atoms with van der Waals surface area (Å²) in [5.41, 5.74) is 6.82. The number of nitrogens with two attached hydrogens (primary N) is 1. The van der Waals surface area contributed by atoms with Crippen LogP contribution in [-0.4, -0.2) is 17.1 Å². The lowest BCUT2D eigenvalue weighted by Gasteiger charge is -2.10. The zero-order chi connectivity index (χ0) is 14.1. The number of rotatable bonds is 2. The molecule has 20 heavy (non-hydrogen) atoms. The molecule has 5 heteroatoms. The fourth-order valence-electron chi connectivity index (χ4n) is 2.15. The number of ether oxygens (including phenoxy) is 1. The summed E-state index contributed by atoms with van der Waals surface area (Å²) < 4.78 is 6.25. The van der Waals surface area contributed by atoms with Gasteiger partial charge < -0.3 is 10.5 Å². The molecule has 1 aromatic heterocycles. The Bertz CT molecular complexity index is 789. The van der Waals surface area contributed by atoms with Crippen LogP contribution < -0.4 is 10.5 Å². The van der Waals surface area contributed by atoms with Crippen LogP contribution in [0.15, 0.2) is 42.6 Å². The van der Waals surface area contributed by atoms with E-state index < -0.39 is 0 Å². The van der Waals surface area contributed by atoms with E-state index in [1.165, 1.54) is 0 Å². The monoisotopic (exact) mass is 377 g/mol. The summed E-state index contributed by atoms with van der Waals surface area (Å²) in [7, 11) is 1.67. The number of benzene rings is 2. The van der Waals surface area contributed by atoms with E-state index in [0.29, 0.717) is 11.6 Å². The number of methoxy groups -OCH3 is 1. The van der Waals surface area contributed by atoms with E-state index in [0.717, 1.165) is 25.7 Å². The van der Waals surface area contributed by atoms with Crippen LogP contribution in [0.25, 0.3) is 22.2 Å². The summed E-state index contributed by atoms with van der Waals surface area (Å²) in [6.45, 7) is 0. The lowest BCUT2D eigenvalue weighted by molar-refractivity contribution is 0.420. The average molecular weight is 377 g/mol. The van der Waals surface area contributed by atoms with Gasteiger partial charge in [0.1, 0.15) is 11.6 Å². The number of hydrogen-bond acceptors (Lipinski definition) is 4. The number of nitrogen functional groups attached to an aromatic ring is 1. The van der Waals surface area contributed by atoms with E-state index >= 15 is 0 Å². The summed E-state index contributed by atoms with van der Waals surface area (Å²) in [5, 5.41) is 2.08. The molecule has 3 aromatic rings. The number of halogens is 1. The molecule has 0 atom stereocenters. The van der Waals surface area contributed by atoms with Crippen LogP contribution in [0.5, 0.6) is 5.75 Å². The maximum Gasteiger partial charge on any atom is 0.162 e. The van der Waals surface area contributed by atoms with Crippen molar-refractivity contribution >= 4 is 39.2 Å². The minimum absolute atomic E-state index is 0.496. The van der Waals surface area contributed by atoms with Gasteiger partial charge in [-0.25, -0.2) is 9.97 Å². The summed E-state index contributed by atoms with van der Waals surface area (Å²) in [4.78, 5) is 8.74. The Kier molecular flexibility index (Phi) is 3.43. The first-order valence-electron chi connectivity index (χ1n) is 6.05. The second-order valence-corrected chi connectivity index (χ2v) is 5.45. The quantitative estimate of drug-likeness (QED) is 0.695. The van der Waals surface area contributed by atoms with Crippen LogP contribution in [0.3, 0.4) is 0 Å². The minimum atomic E-state index is 0.496. The molecule has 0 aliphatic carbocycles. The maximum absolute atomic E-state index is 5.87. The molecule has 4 nitrogen and oxygen atoms in total. The summed E-state index contributed by atoms with van der Waals surface area (Å²) in [5.74, 6) is 1.96. The fraction of sp³-hybridized carbons (Fsp3) is 0.0667. The van der Waals surface area contributed by atoms with Crippen molar-refractivity contribution in [2.75, 3.05) is 12.8 Å². The lowest BCUT2D eigenvalue weighted by Crippen LogP contribution is -1.99. The van der Waals surface area contributed by atoms with E-state index in [1.54, 1.807) is 13.3 Å². The predicted octanol–water partition coefficient (Wildman–Crippen LogP) is 3.49. The molecular formula is C15H12IN3O. The Morgan fingerprint density at radius 2 is 1.85 bits per heavy atom. The van der Waals surface area contributed by atoms with E-state index in [4.69, 9.17) is 10.5 Å². The van der Waals surface area contributed by atoms with Gasteiger partial charge in [0.15, 0.2) is 5.82 Å². The van der Waals surface area contributed by atoms with Crippen molar-refractivity contribution in [3.05, 3.63) is 46.2 Å². The first kappa shape index (κ1) is 13.1. The second kappa shape index (κ2) is 5.24. The first-order chi connectivity index (χ1) is 9.70. The molecule has 0 unspecified atom stereocenters. The molecule has 0 bridgehead atoms. The van der Waals surface area contributed by atoms with Gasteiger partial charge in [-0.05, 0) is 40.1 Å². The molecule has 0 saturated heterocycles. The van der Waals surface area contributed by atoms with Gasteiger partial charge in [-0.2, -0.15) is 0 Å². The average Bonchev–Trinajstić information content (AvgIpc) is 2.49. The van der Waals surface area contributed by atoms with Crippen molar-refractivity contribution in [3.8, 4) is 17.1 Å². The van der Waals surface area contributed by atoms with Gasteiger partial charge in [-0.1, -0.05) is 24.3 Å². The molecule has 0 fully saturated rings. The molecule has 0 aliphatic rings. The van der Waals surface area contributed by atoms with Crippen LogP contribution in [0.2, 0.25) is 0 Å². The Balaban J connectivity index is 2.29. The van der Waals surface area contributed by atoms with Crippen molar-refractivity contribution in [3.63, 3.8) is 0 Å². The third kappa shape index (κ3) is 2.18. The van der Waals surface area contributed by atoms with Gasteiger partial charge in [0.2, 0.25) is 0 Å². The van der Waals surface area contributed by atoms with Crippen LogP contribution in [0.1, 0.15) is 0 Å². The Labute approximate surface area is 130 Å². The number of anilines is 1. The highest BCUT2D eigenvalue weighted by Gasteiger charge is 2.11. The van der Waals surface area contributed by atoms with Crippen molar-refractivity contribution < 1.29 is 4.74 Å². The predicted molar refractivity (Wildman–Crippen MR) is 88.7 cm³/mol. The largest absolute Gasteiger partial charge is 0.496 e. The topological polar surface area (TPSA) is 61.0 Å². The molecule has 0 amide bonds. The lowest BCUT2D eigenvalue weighted by atomic mass is 10.0. The summed E-state index contributed by atoms with van der Waals surface area (Å²) in [6, 6.07) is 11.9. The maximum atomic E-state index is 5.87. The van der Waals surface area contributed by atoms with Crippen molar-refractivity contribution in [2.24, 2.45) is 0 Å². The highest BCUT2D eigenvalue weighted by atomic mass is 127. The number of nitrogens with zero attached hydrogens (tertiary/aromatic N) is 2. The number of hydrogen-bond donors (Lipinski definition) is 1. The molecule has 100 valence electrons. The fourth-order valence-corrected chi connectivity index (χ4v) is 2.41. The molecule has 2 aromatic carbocycles. The molecule has 0 saturated carbocycles. The Morgan fingerprint density at radius 3 is 2.55 bits per heavy atom. The molecular weight excluding hydrogens is 365 g/mol. The van der Waals surface area contributed by atoms with Gasteiger partial charge in [0.05, 0.1) is 10.7 Å². The van der Waals surface area contributed by atoms with Gasteiger partial charge >= 0.3 is 0 Å². The minimum Gasteiger partial charge on any atom is -0.496 e. The molecule has 0 spiro atoms. The molecule has 3 rings (SSSR count). The molecule has 2 N–H and O–H groups in total. The van der Waals surface area contributed by atoms with Crippen molar-refractivity contribution in [2.45, 2.75) is 0 Å². The van der Waals surface area contributed by atoms with Gasteiger partial charge in [-0.3, -0.25) is 0 Å². The second-order valence-electron chi connectivity index (χ2n) is 4.29.